The number of hydrogen-bond donors (Lipinski definition) is 1. The molecule has 1 heterocycles. The minimum absolute atomic E-state index is 0.189. The van der Waals surface area contributed by atoms with Crippen molar-refractivity contribution in [3.63, 3.8) is 0 Å². The van der Waals surface area contributed by atoms with Gasteiger partial charge >= 0.3 is 0 Å². The highest BCUT2D eigenvalue weighted by Gasteiger charge is 2.13. The lowest BCUT2D eigenvalue weighted by molar-refractivity contribution is 0.0950. The second-order valence-corrected chi connectivity index (χ2v) is 9.79. The van der Waals surface area contributed by atoms with Crippen LogP contribution in [0.5, 0.6) is 5.75 Å². The van der Waals surface area contributed by atoms with Gasteiger partial charge in [-0.15, -0.1) is 0 Å². The van der Waals surface area contributed by atoms with Gasteiger partial charge in [-0.1, -0.05) is 89.4 Å². The van der Waals surface area contributed by atoms with Crippen LogP contribution in [-0.2, 0) is 13.2 Å². The predicted octanol–water partition coefficient (Wildman–Crippen LogP) is 7.99. The number of rotatable bonds is 8. The quantitative estimate of drug-likeness (QED) is 0.154. The second kappa shape index (κ2) is 11.7. The lowest BCUT2D eigenvalue weighted by Gasteiger charge is -2.11. The highest BCUT2D eigenvalue weighted by molar-refractivity contribution is 6.35. The van der Waals surface area contributed by atoms with Crippen molar-refractivity contribution in [1.29, 1.82) is 0 Å². The number of nitrogens with one attached hydrogen (secondary N) is 1. The highest BCUT2D eigenvalue weighted by atomic mass is 35.5. The fourth-order valence-corrected chi connectivity index (χ4v) is 4.77. The summed E-state index contributed by atoms with van der Waals surface area (Å²) in [6.45, 7) is 0.803. The zero-order valence-electron chi connectivity index (χ0n) is 20.1. The van der Waals surface area contributed by atoms with E-state index in [-0.39, 0.29) is 12.5 Å². The molecule has 0 bridgehead atoms. The summed E-state index contributed by atoms with van der Waals surface area (Å²) in [5.41, 5.74) is 6.66. The average Bonchev–Trinajstić information content (AvgIpc) is 3.27. The number of benzene rings is 4. The molecule has 0 saturated heterocycles. The maximum atomic E-state index is 13.0. The summed E-state index contributed by atoms with van der Waals surface area (Å²) >= 11 is 18.6. The van der Waals surface area contributed by atoms with Crippen LogP contribution in [0.15, 0.2) is 102 Å². The Kier molecular flexibility index (Phi) is 7.99. The zero-order chi connectivity index (χ0) is 26.5. The minimum Gasteiger partial charge on any atom is -0.488 e. The van der Waals surface area contributed by atoms with Crippen molar-refractivity contribution < 1.29 is 9.53 Å². The van der Waals surface area contributed by atoms with Crippen molar-refractivity contribution in [2.45, 2.75) is 13.2 Å². The van der Waals surface area contributed by atoms with Crippen molar-refractivity contribution in [3.8, 4) is 5.75 Å². The summed E-state index contributed by atoms with van der Waals surface area (Å²) in [7, 11) is 0. The van der Waals surface area contributed by atoms with Gasteiger partial charge < -0.3 is 9.30 Å². The van der Waals surface area contributed by atoms with Crippen molar-refractivity contribution in [1.82, 2.24) is 9.99 Å². The fourth-order valence-electron chi connectivity index (χ4n) is 4.11. The van der Waals surface area contributed by atoms with Gasteiger partial charge in [-0.2, -0.15) is 5.10 Å². The van der Waals surface area contributed by atoms with E-state index in [0.717, 1.165) is 27.6 Å². The first-order valence-corrected chi connectivity index (χ1v) is 12.9. The lowest BCUT2D eigenvalue weighted by Crippen LogP contribution is -2.18. The van der Waals surface area contributed by atoms with Crippen LogP contribution in [0.3, 0.4) is 0 Å². The highest BCUT2D eigenvalue weighted by Crippen LogP contribution is 2.25. The monoisotopic (exact) mass is 561 g/mol. The van der Waals surface area contributed by atoms with Gasteiger partial charge in [0, 0.05) is 49.8 Å². The molecular formula is C30H22Cl3N3O2. The summed E-state index contributed by atoms with van der Waals surface area (Å²) in [4.78, 5) is 13.0. The summed E-state index contributed by atoms with van der Waals surface area (Å²) in [5, 5.41) is 7.01. The van der Waals surface area contributed by atoms with Gasteiger partial charge in [-0.25, -0.2) is 5.43 Å². The molecule has 4 aromatic carbocycles. The van der Waals surface area contributed by atoms with Crippen LogP contribution in [0.2, 0.25) is 15.1 Å². The van der Waals surface area contributed by atoms with Gasteiger partial charge in [0.25, 0.3) is 5.91 Å². The average molecular weight is 563 g/mol. The maximum Gasteiger partial charge on any atom is 0.275 e. The Hall–Kier alpha value is -3.77. The van der Waals surface area contributed by atoms with E-state index in [9.17, 15) is 4.79 Å². The molecule has 0 spiro atoms. The summed E-state index contributed by atoms with van der Waals surface area (Å²) in [6, 6.07) is 27.9. The van der Waals surface area contributed by atoms with Crippen molar-refractivity contribution in [2.24, 2.45) is 5.10 Å². The van der Waals surface area contributed by atoms with Gasteiger partial charge in [0.05, 0.1) is 11.8 Å². The first-order valence-electron chi connectivity index (χ1n) is 11.8. The van der Waals surface area contributed by atoms with Crippen LogP contribution >= 0.6 is 34.8 Å². The standard InChI is InChI=1S/C30H22Cl3N3O2/c31-23-14-13-21(27(33)15-23)19-38-29-12-6-3-9-25(29)30(37)35-34-16-22-18-36(28-11-5-2-8-24(22)28)17-20-7-1-4-10-26(20)32/h1-16,18H,17,19H2,(H,35,37)/b34-16+. The van der Waals surface area contributed by atoms with E-state index in [0.29, 0.717) is 32.9 Å². The van der Waals surface area contributed by atoms with E-state index < -0.39 is 0 Å². The summed E-state index contributed by atoms with van der Waals surface area (Å²) in [6.07, 6.45) is 3.64. The Morgan fingerprint density at radius 2 is 1.63 bits per heavy atom. The molecule has 0 aliphatic heterocycles. The van der Waals surface area contributed by atoms with E-state index >= 15 is 0 Å². The zero-order valence-corrected chi connectivity index (χ0v) is 22.3. The maximum absolute atomic E-state index is 13.0. The molecule has 0 fully saturated rings. The number of halogens is 3. The predicted molar refractivity (Wildman–Crippen MR) is 155 cm³/mol. The van der Waals surface area contributed by atoms with E-state index in [2.05, 4.69) is 15.1 Å². The van der Waals surface area contributed by atoms with Crippen LogP contribution in [0, 0.1) is 0 Å². The van der Waals surface area contributed by atoms with E-state index in [1.54, 1.807) is 48.7 Å². The molecule has 0 atom stereocenters. The number of ether oxygens (including phenoxy) is 1. The van der Waals surface area contributed by atoms with Gasteiger partial charge in [0.15, 0.2) is 0 Å². The van der Waals surface area contributed by atoms with Crippen LogP contribution < -0.4 is 10.2 Å². The number of amides is 1. The summed E-state index contributed by atoms with van der Waals surface area (Å²) < 4.78 is 8.02. The molecule has 0 saturated carbocycles. The van der Waals surface area contributed by atoms with Crippen LogP contribution in [0.25, 0.3) is 10.9 Å². The first-order chi connectivity index (χ1) is 18.5. The smallest absolute Gasteiger partial charge is 0.275 e. The van der Waals surface area contributed by atoms with E-state index in [4.69, 9.17) is 39.5 Å². The van der Waals surface area contributed by atoms with Gasteiger partial charge in [0.2, 0.25) is 0 Å². The first kappa shape index (κ1) is 25.9. The Bertz CT molecular complexity index is 1650. The van der Waals surface area contributed by atoms with Gasteiger partial charge in [-0.05, 0) is 42.0 Å². The van der Waals surface area contributed by atoms with Crippen LogP contribution in [-0.4, -0.2) is 16.7 Å². The topological polar surface area (TPSA) is 55.6 Å². The Balaban J connectivity index is 1.31. The lowest BCUT2D eigenvalue weighted by atomic mass is 10.2. The normalized spacial score (nSPS) is 11.2. The number of para-hydroxylation sites is 2. The molecule has 5 rings (SSSR count). The van der Waals surface area contributed by atoms with Crippen LogP contribution in [0.1, 0.15) is 27.0 Å². The molecule has 0 aliphatic carbocycles. The van der Waals surface area contributed by atoms with Crippen molar-refractivity contribution >= 4 is 57.8 Å². The molecule has 5 aromatic rings. The number of aromatic nitrogens is 1. The third-order valence-corrected chi connectivity index (χ3v) is 6.97. The second-order valence-electron chi connectivity index (χ2n) is 8.54. The molecule has 1 amide bonds. The molecule has 8 heteroatoms. The molecule has 190 valence electrons. The molecule has 1 N–H and O–H groups in total. The Morgan fingerprint density at radius 1 is 0.868 bits per heavy atom. The van der Waals surface area contributed by atoms with Crippen molar-refractivity contribution in [3.05, 3.63) is 135 Å². The Labute approximate surface area is 235 Å². The SMILES string of the molecule is O=C(N/N=C/c1cn(Cc2ccccc2Cl)c2ccccc12)c1ccccc1OCc1ccc(Cl)cc1Cl. The fraction of sp³-hybridized carbons (Fsp3) is 0.0667. The van der Waals surface area contributed by atoms with Crippen molar-refractivity contribution in [2.75, 3.05) is 0 Å². The molecule has 0 radical (unpaired) electrons. The largest absolute Gasteiger partial charge is 0.488 e. The number of carbonyl (C=O) groups excluding carboxylic acids is 1. The Morgan fingerprint density at radius 3 is 2.47 bits per heavy atom. The number of fused-ring (bicyclic) bond motifs is 1. The number of carbonyl (C=O) groups is 1. The molecule has 1 aromatic heterocycles. The van der Waals surface area contributed by atoms with Crippen LogP contribution in [0.4, 0.5) is 0 Å². The van der Waals surface area contributed by atoms with E-state index in [1.807, 2.05) is 54.7 Å². The number of hydrogen-bond acceptors (Lipinski definition) is 3. The molecule has 5 nitrogen and oxygen atoms in total. The van der Waals surface area contributed by atoms with Gasteiger partial charge in [0.1, 0.15) is 12.4 Å². The molecular weight excluding hydrogens is 541 g/mol. The third-order valence-electron chi connectivity index (χ3n) is 6.02. The molecule has 38 heavy (non-hydrogen) atoms. The third kappa shape index (κ3) is 5.86. The van der Waals surface area contributed by atoms with Gasteiger partial charge in [-0.3, -0.25) is 4.79 Å². The van der Waals surface area contributed by atoms with E-state index in [1.165, 1.54) is 0 Å². The number of nitrogens with zero attached hydrogens (tertiary/aromatic N) is 2. The minimum atomic E-state index is -0.390. The number of hydrazone groups is 1. The molecule has 0 aliphatic rings. The summed E-state index contributed by atoms with van der Waals surface area (Å²) in [5.74, 6) is 0.0291. The molecule has 0 unspecified atom stereocenters.